The topological polar surface area (TPSA) is 69.6 Å². The molecule has 0 aliphatic carbocycles. The van der Waals surface area contributed by atoms with Crippen molar-refractivity contribution >= 4 is 11.7 Å². The van der Waals surface area contributed by atoms with Gasteiger partial charge in [0.1, 0.15) is 11.4 Å². The molecule has 1 fully saturated rings. The zero-order valence-corrected chi connectivity index (χ0v) is 17.4. The Morgan fingerprint density at radius 1 is 0.879 bits per heavy atom. The molecule has 1 aliphatic rings. The van der Waals surface area contributed by atoms with Gasteiger partial charge in [-0.1, -0.05) is 18.1 Å². The Balaban J connectivity index is 1.39. The fraction of sp³-hybridized carbons (Fsp3) is 0.208. The van der Waals surface area contributed by atoms with E-state index in [1.165, 1.54) is 23.1 Å². The smallest absolute Gasteiger partial charge is 0.417 e. The summed E-state index contributed by atoms with van der Waals surface area (Å²) in [4.78, 5) is 16.1. The molecule has 0 bridgehead atoms. The van der Waals surface area contributed by atoms with Crippen LogP contribution in [0.1, 0.15) is 27.2 Å². The molecule has 1 N–H and O–H groups in total. The summed E-state index contributed by atoms with van der Waals surface area (Å²) in [6.45, 7) is 1.39. The highest BCUT2D eigenvalue weighted by molar-refractivity contribution is 5.96. The van der Waals surface area contributed by atoms with Gasteiger partial charge >= 0.3 is 6.18 Å². The standard InChI is InChI=1S/C24H19F3N4O2/c25-24(26,27)21-4-2-1-3-20(21)23(33)31-15-13-30(14-16-31)22-12-9-18(28-29-22)8-5-17-6-10-19(32)11-7-17/h1-4,6-7,9-12,32H,13-16H2. The lowest BCUT2D eigenvalue weighted by molar-refractivity contribution is -0.138. The number of halogens is 3. The number of phenolic OH excluding ortho intramolecular Hbond substituents is 1. The number of anilines is 1. The molecule has 2 heterocycles. The average molecular weight is 452 g/mol. The van der Waals surface area contributed by atoms with Gasteiger partial charge in [-0.15, -0.1) is 10.2 Å². The predicted molar refractivity (Wildman–Crippen MR) is 116 cm³/mol. The summed E-state index contributed by atoms with van der Waals surface area (Å²) in [5.74, 6) is 5.97. The quantitative estimate of drug-likeness (QED) is 0.603. The van der Waals surface area contributed by atoms with E-state index in [4.69, 9.17) is 0 Å². The molecule has 1 aliphatic heterocycles. The van der Waals surface area contributed by atoms with Crippen LogP contribution in [0.15, 0.2) is 60.7 Å². The lowest BCUT2D eigenvalue weighted by Crippen LogP contribution is -2.49. The SMILES string of the molecule is O=C(c1ccccc1C(F)(F)F)N1CCN(c2ccc(C#Cc3ccc(O)cc3)nn2)CC1. The Morgan fingerprint density at radius 2 is 1.58 bits per heavy atom. The van der Waals surface area contributed by atoms with Crippen LogP contribution in [0.25, 0.3) is 0 Å². The van der Waals surface area contributed by atoms with Crippen LogP contribution < -0.4 is 4.90 Å². The Morgan fingerprint density at radius 3 is 2.21 bits per heavy atom. The molecule has 2 aromatic carbocycles. The zero-order valence-electron chi connectivity index (χ0n) is 17.4. The summed E-state index contributed by atoms with van der Waals surface area (Å²) in [5.41, 5.74) is -0.0574. The van der Waals surface area contributed by atoms with Crippen molar-refractivity contribution in [2.24, 2.45) is 0 Å². The maximum absolute atomic E-state index is 13.2. The van der Waals surface area contributed by atoms with E-state index in [2.05, 4.69) is 22.0 Å². The summed E-state index contributed by atoms with van der Waals surface area (Å²) in [6, 6.07) is 14.8. The van der Waals surface area contributed by atoms with Gasteiger partial charge in [-0.3, -0.25) is 4.79 Å². The van der Waals surface area contributed by atoms with Gasteiger partial charge < -0.3 is 14.9 Å². The minimum atomic E-state index is -4.59. The van der Waals surface area contributed by atoms with E-state index in [1.807, 2.05) is 4.90 Å². The highest BCUT2D eigenvalue weighted by Gasteiger charge is 2.36. The van der Waals surface area contributed by atoms with Gasteiger partial charge in [0.25, 0.3) is 5.91 Å². The van der Waals surface area contributed by atoms with E-state index in [9.17, 15) is 23.1 Å². The van der Waals surface area contributed by atoms with Gasteiger partial charge in [0, 0.05) is 31.7 Å². The third-order valence-electron chi connectivity index (χ3n) is 5.21. The van der Waals surface area contributed by atoms with Crippen LogP contribution in [0, 0.1) is 11.8 Å². The fourth-order valence-electron chi connectivity index (χ4n) is 3.47. The number of rotatable bonds is 2. The van der Waals surface area contributed by atoms with E-state index in [1.54, 1.807) is 36.4 Å². The second kappa shape index (κ2) is 9.20. The lowest BCUT2D eigenvalue weighted by atomic mass is 10.1. The molecule has 1 amide bonds. The summed E-state index contributed by atoms with van der Waals surface area (Å²) in [7, 11) is 0. The Kier molecular flexibility index (Phi) is 6.18. The highest BCUT2D eigenvalue weighted by atomic mass is 19.4. The van der Waals surface area contributed by atoms with Gasteiger partial charge in [0.05, 0.1) is 11.1 Å². The maximum Gasteiger partial charge on any atom is 0.417 e. The number of benzene rings is 2. The second-order valence-electron chi connectivity index (χ2n) is 7.40. The summed E-state index contributed by atoms with van der Waals surface area (Å²) in [6.07, 6.45) is -4.59. The molecule has 3 aromatic rings. The summed E-state index contributed by atoms with van der Waals surface area (Å²) < 4.78 is 39.7. The largest absolute Gasteiger partial charge is 0.508 e. The van der Waals surface area contributed by atoms with E-state index >= 15 is 0 Å². The van der Waals surface area contributed by atoms with Crippen LogP contribution in [0.3, 0.4) is 0 Å². The molecule has 1 aromatic heterocycles. The number of carbonyl (C=O) groups excluding carboxylic acids is 1. The molecule has 4 rings (SSSR count). The number of aromatic hydroxyl groups is 1. The molecule has 0 spiro atoms. The molecular weight excluding hydrogens is 433 g/mol. The predicted octanol–water partition coefficient (Wildman–Crippen LogP) is 3.56. The monoisotopic (exact) mass is 452 g/mol. The van der Waals surface area contributed by atoms with Crippen molar-refractivity contribution in [3.05, 3.63) is 83.0 Å². The molecule has 0 radical (unpaired) electrons. The molecule has 0 unspecified atom stereocenters. The van der Waals surface area contributed by atoms with Gasteiger partial charge in [-0.05, 0) is 54.5 Å². The first-order chi connectivity index (χ1) is 15.8. The number of nitrogens with zero attached hydrogens (tertiary/aromatic N) is 4. The third-order valence-corrected chi connectivity index (χ3v) is 5.21. The van der Waals surface area contributed by atoms with E-state index in [0.717, 1.165) is 11.6 Å². The van der Waals surface area contributed by atoms with Gasteiger partial charge in [0.15, 0.2) is 5.82 Å². The van der Waals surface area contributed by atoms with Crippen molar-refractivity contribution in [3.8, 4) is 17.6 Å². The molecule has 168 valence electrons. The summed E-state index contributed by atoms with van der Waals surface area (Å²) in [5, 5.41) is 17.6. The third kappa shape index (κ3) is 5.23. The number of hydrogen-bond donors (Lipinski definition) is 1. The van der Waals surface area contributed by atoms with Crippen LogP contribution in [0.2, 0.25) is 0 Å². The van der Waals surface area contributed by atoms with Crippen molar-refractivity contribution in [1.82, 2.24) is 15.1 Å². The zero-order chi connectivity index (χ0) is 23.4. The molecule has 0 saturated carbocycles. The first kappa shape index (κ1) is 22.1. The number of amides is 1. The van der Waals surface area contributed by atoms with Gasteiger partial charge in [0.2, 0.25) is 0 Å². The molecule has 33 heavy (non-hydrogen) atoms. The van der Waals surface area contributed by atoms with Crippen molar-refractivity contribution in [3.63, 3.8) is 0 Å². The van der Waals surface area contributed by atoms with Crippen molar-refractivity contribution in [1.29, 1.82) is 0 Å². The normalized spacial score (nSPS) is 13.9. The Labute approximate surface area is 188 Å². The highest BCUT2D eigenvalue weighted by Crippen LogP contribution is 2.32. The fourth-order valence-corrected chi connectivity index (χ4v) is 3.47. The number of hydrogen-bond acceptors (Lipinski definition) is 5. The Hall–Kier alpha value is -4.06. The average Bonchev–Trinajstić information content (AvgIpc) is 2.83. The minimum Gasteiger partial charge on any atom is -0.508 e. The van der Waals surface area contributed by atoms with Crippen LogP contribution >= 0.6 is 0 Å². The van der Waals surface area contributed by atoms with Crippen LogP contribution in [-0.2, 0) is 6.18 Å². The lowest BCUT2D eigenvalue weighted by Gasteiger charge is -2.35. The van der Waals surface area contributed by atoms with Crippen LogP contribution in [0.5, 0.6) is 5.75 Å². The number of aromatic nitrogens is 2. The van der Waals surface area contributed by atoms with Crippen LogP contribution in [-0.4, -0.2) is 52.3 Å². The second-order valence-corrected chi connectivity index (χ2v) is 7.40. The van der Waals surface area contributed by atoms with Crippen molar-refractivity contribution in [2.75, 3.05) is 31.1 Å². The molecule has 0 atom stereocenters. The van der Waals surface area contributed by atoms with Crippen molar-refractivity contribution < 1.29 is 23.1 Å². The molecule has 6 nitrogen and oxygen atoms in total. The van der Waals surface area contributed by atoms with Crippen molar-refractivity contribution in [2.45, 2.75) is 6.18 Å². The van der Waals surface area contributed by atoms with Gasteiger partial charge in [-0.2, -0.15) is 13.2 Å². The van der Waals surface area contributed by atoms with Crippen LogP contribution in [0.4, 0.5) is 19.0 Å². The first-order valence-electron chi connectivity index (χ1n) is 10.2. The van der Waals surface area contributed by atoms with E-state index in [-0.39, 0.29) is 24.4 Å². The van der Waals surface area contributed by atoms with E-state index < -0.39 is 17.6 Å². The Bertz CT molecular complexity index is 1190. The number of phenols is 1. The molecule has 1 saturated heterocycles. The molecule has 9 heteroatoms. The maximum atomic E-state index is 13.2. The molecular formula is C24H19F3N4O2. The van der Waals surface area contributed by atoms with Gasteiger partial charge in [-0.25, -0.2) is 0 Å². The minimum absolute atomic E-state index is 0.163. The number of alkyl halides is 3. The number of piperazine rings is 1. The first-order valence-corrected chi connectivity index (χ1v) is 10.2. The van der Waals surface area contributed by atoms with E-state index in [0.29, 0.717) is 24.6 Å². The number of carbonyl (C=O) groups is 1. The summed E-state index contributed by atoms with van der Waals surface area (Å²) >= 11 is 0.